The summed E-state index contributed by atoms with van der Waals surface area (Å²) < 4.78 is 33.0. The number of hydrogen-bond donors (Lipinski definition) is 0. The third-order valence-electron chi connectivity index (χ3n) is 5.34. The number of methoxy groups -OCH3 is 4. The Labute approximate surface area is 201 Å². The molecule has 0 saturated heterocycles. The van der Waals surface area contributed by atoms with Crippen LogP contribution in [0.5, 0.6) is 23.0 Å². The predicted molar refractivity (Wildman–Crippen MR) is 132 cm³/mol. The van der Waals surface area contributed by atoms with Gasteiger partial charge in [0.05, 0.1) is 14.2 Å². The minimum absolute atomic E-state index is 0.127. The Morgan fingerprint density at radius 1 is 0.636 bits per heavy atom. The summed E-state index contributed by atoms with van der Waals surface area (Å²) in [5, 5.41) is 0. The molecule has 0 atom stereocenters. The first kappa shape index (κ1) is 28.9. The maximum Gasteiger partial charge on any atom is 0.188 e. The third kappa shape index (κ3) is 11.5. The number of rotatable bonds is 19. The molecule has 0 radical (unpaired) electrons. The lowest BCUT2D eigenvalue weighted by atomic mass is 10.0. The molecule has 0 aliphatic rings. The van der Waals surface area contributed by atoms with E-state index in [-0.39, 0.29) is 13.6 Å². The lowest BCUT2D eigenvalue weighted by Crippen LogP contribution is -2.08. The highest BCUT2D eigenvalue weighted by atomic mass is 16.7. The summed E-state index contributed by atoms with van der Waals surface area (Å²) in [6, 6.07) is 1.76. The van der Waals surface area contributed by atoms with E-state index in [9.17, 15) is 0 Å². The third-order valence-corrected chi connectivity index (χ3v) is 5.34. The normalized spacial score (nSPS) is 10.5. The van der Waals surface area contributed by atoms with Gasteiger partial charge in [0.1, 0.15) is 0 Å². The van der Waals surface area contributed by atoms with Crippen LogP contribution < -0.4 is 18.9 Å². The predicted octanol–water partition coefficient (Wildman–Crippen LogP) is 6.53. The molecule has 0 N–H and O–H groups in total. The first-order chi connectivity index (χ1) is 16.2. The van der Waals surface area contributed by atoms with Crippen molar-refractivity contribution in [2.75, 3.05) is 42.0 Å². The lowest BCUT2D eigenvalue weighted by Gasteiger charge is -2.20. The van der Waals surface area contributed by atoms with Crippen molar-refractivity contribution < 1.29 is 28.4 Å². The maximum absolute atomic E-state index is 5.85. The van der Waals surface area contributed by atoms with Crippen molar-refractivity contribution in [1.29, 1.82) is 0 Å². The molecule has 0 saturated carbocycles. The standard InChI is InChI=1S/C27H44O6/c1-6-7-8-9-10-11-12-13-14-15-16-17-18-19-23-26(31-5)25(32-21-28-2)20-24(30-4)27(23)33-22-29-3/h20H,6-8,11-19,21-22H2,1-5H3. The summed E-state index contributed by atoms with van der Waals surface area (Å²) in [6.45, 7) is 2.47. The Morgan fingerprint density at radius 3 is 1.85 bits per heavy atom. The Balaban J connectivity index is 2.56. The second-order valence-electron chi connectivity index (χ2n) is 7.95. The monoisotopic (exact) mass is 464 g/mol. The molecule has 0 amide bonds. The van der Waals surface area contributed by atoms with Crippen LogP contribution in [0.3, 0.4) is 0 Å². The van der Waals surface area contributed by atoms with Crippen LogP contribution in [0.15, 0.2) is 6.07 Å². The van der Waals surface area contributed by atoms with Crippen LogP contribution in [0.2, 0.25) is 0 Å². The first-order valence-corrected chi connectivity index (χ1v) is 12.2. The van der Waals surface area contributed by atoms with E-state index >= 15 is 0 Å². The topological polar surface area (TPSA) is 55.4 Å². The molecule has 6 heteroatoms. The van der Waals surface area contributed by atoms with E-state index in [2.05, 4.69) is 18.8 Å². The number of benzene rings is 1. The molecule has 0 unspecified atom stereocenters. The number of hydrogen-bond acceptors (Lipinski definition) is 6. The zero-order valence-electron chi connectivity index (χ0n) is 21.4. The van der Waals surface area contributed by atoms with Gasteiger partial charge in [0.15, 0.2) is 36.6 Å². The molecule has 0 aliphatic heterocycles. The quantitative estimate of drug-likeness (QED) is 0.132. The van der Waals surface area contributed by atoms with Crippen LogP contribution in [0.4, 0.5) is 0 Å². The van der Waals surface area contributed by atoms with Crippen molar-refractivity contribution in [2.45, 2.75) is 84.0 Å². The molecular weight excluding hydrogens is 420 g/mol. The highest BCUT2D eigenvalue weighted by molar-refractivity contribution is 5.61. The largest absolute Gasteiger partial charge is 0.493 e. The second-order valence-corrected chi connectivity index (χ2v) is 7.95. The van der Waals surface area contributed by atoms with Crippen molar-refractivity contribution in [3.05, 3.63) is 11.6 Å². The van der Waals surface area contributed by atoms with E-state index < -0.39 is 0 Å². The minimum Gasteiger partial charge on any atom is -0.493 e. The molecule has 1 rings (SSSR count). The molecule has 6 nitrogen and oxygen atoms in total. The van der Waals surface area contributed by atoms with Gasteiger partial charge in [-0.05, 0) is 25.7 Å². The summed E-state index contributed by atoms with van der Waals surface area (Å²) in [4.78, 5) is 0. The van der Waals surface area contributed by atoms with E-state index in [1.165, 1.54) is 44.9 Å². The van der Waals surface area contributed by atoms with Gasteiger partial charge in [0.25, 0.3) is 0 Å². The molecule has 0 spiro atoms. The van der Waals surface area contributed by atoms with Crippen LogP contribution in [0.1, 0.15) is 83.1 Å². The summed E-state index contributed by atoms with van der Waals surface area (Å²) in [6.07, 6.45) is 13.7. The zero-order valence-corrected chi connectivity index (χ0v) is 21.4. The molecule has 0 bridgehead atoms. The number of unbranched alkanes of at least 4 members (excludes halogenated alkanes) is 9. The van der Waals surface area contributed by atoms with Crippen molar-refractivity contribution in [3.8, 4) is 34.8 Å². The second kappa shape index (κ2) is 19.4. The highest BCUT2D eigenvalue weighted by Crippen LogP contribution is 2.45. The van der Waals surface area contributed by atoms with Crippen molar-refractivity contribution in [1.82, 2.24) is 0 Å². The molecule has 0 fully saturated rings. The Kier molecular flexibility index (Phi) is 17.0. The van der Waals surface area contributed by atoms with Crippen LogP contribution in [-0.2, 0) is 15.9 Å². The van der Waals surface area contributed by atoms with Gasteiger partial charge >= 0.3 is 0 Å². The first-order valence-electron chi connectivity index (χ1n) is 12.2. The molecular formula is C27H44O6. The van der Waals surface area contributed by atoms with Crippen molar-refractivity contribution >= 4 is 0 Å². The summed E-state index contributed by atoms with van der Waals surface area (Å²) in [5.41, 5.74) is 0.932. The Hall–Kier alpha value is -2.10. The van der Waals surface area contributed by atoms with E-state index in [4.69, 9.17) is 28.4 Å². The van der Waals surface area contributed by atoms with Gasteiger partial charge in [-0.25, -0.2) is 0 Å². The molecule has 33 heavy (non-hydrogen) atoms. The van der Waals surface area contributed by atoms with Gasteiger partial charge in [-0.2, -0.15) is 0 Å². The molecule has 188 valence electrons. The number of ether oxygens (including phenoxy) is 6. The maximum atomic E-state index is 5.85. The molecule has 0 heterocycles. The van der Waals surface area contributed by atoms with Crippen LogP contribution in [0, 0.1) is 11.8 Å². The highest BCUT2D eigenvalue weighted by Gasteiger charge is 2.22. The van der Waals surface area contributed by atoms with Crippen molar-refractivity contribution in [2.24, 2.45) is 0 Å². The van der Waals surface area contributed by atoms with Crippen LogP contribution in [0.25, 0.3) is 0 Å². The minimum atomic E-state index is 0.127. The Morgan fingerprint density at radius 2 is 1.24 bits per heavy atom. The summed E-state index contributed by atoms with van der Waals surface area (Å²) in [7, 11) is 6.43. The SMILES string of the molecule is CCCCC#CCCCCCCCCCc1c(OC)c(OCOC)cc(OC)c1OCOC. The summed E-state index contributed by atoms with van der Waals surface area (Å²) >= 11 is 0. The van der Waals surface area contributed by atoms with Crippen LogP contribution in [-0.4, -0.2) is 42.0 Å². The fourth-order valence-corrected chi connectivity index (χ4v) is 3.60. The molecule has 1 aromatic rings. The van der Waals surface area contributed by atoms with E-state index in [0.717, 1.165) is 37.7 Å². The molecule has 0 aromatic heterocycles. The average molecular weight is 465 g/mol. The average Bonchev–Trinajstić information content (AvgIpc) is 2.84. The smallest absolute Gasteiger partial charge is 0.188 e. The van der Waals surface area contributed by atoms with Crippen molar-refractivity contribution in [3.63, 3.8) is 0 Å². The fraction of sp³-hybridized carbons (Fsp3) is 0.704. The Bertz CT molecular complexity index is 692. The van der Waals surface area contributed by atoms with Gasteiger partial charge in [-0.15, -0.1) is 11.8 Å². The summed E-state index contributed by atoms with van der Waals surface area (Å²) in [5.74, 6) is 9.02. The fourth-order valence-electron chi connectivity index (χ4n) is 3.60. The van der Waals surface area contributed by atoms with Gasteiger partial charge in [-0.3, -0.25) is 0 Å². The lowest BCUT2D eigenvalue weighted by molar-refractivity contribution is 0.0444. The van der Waals surface area contributed by atoms with E-state index in [1.807, 2.05) is 0 Å². The zero-order chi connectivity index (χ0) is 24.2. The van der Waals surface area contributed by atoms with Gasteiger partial charge in [0, 0.05) is 38.7 Å². The van der Waals surface area contributed by atoms with E-state index in [1.54, 1.807) is 34.5 Å². The van der Waals surface area contributed by atoms with E-state index in [0.29, 0.717) is 23.0 Å². The van der Waals surface area contributed by atoms with Crippen LogP contribution >= 0.6 is 0 Å². The van der Waals surface area contributed by atoms with Gasteiger partial charge < -0.3 is 28.4 Å². The van der Waals surface area contributed by atoms with Gasteiger partial charge in [0.2, 0.25) is 0 Å². The van der Waals surface area contributed by atoms with Gasteiger partial charge in [-0.1, -0.05) is 45.4 Å². The molecule has 1 aromatic carbocycles. The molecule has 0 aliphatic carbocycles.